The summed E-state index contributed by atoms with van der Waals surface area (Å²) in [6.45, 7) is 3.12. The van der Waals surface area contributed by atoms with E-state index in [1.807, 2.05) is 22.9 Å². The summed E-state index contributed by atoms with van der Waals surface area (Å²) in [6.07, 6.45) is 4.88. The number of benzene rings is 1. The molecule has 1 aromatic heterocycles. The van der Waals surface area contributed by atoms with Crippen LogP contribution in [-0.2, 0) is 6.54 Å². The predicted molar refractivity (Wildman–Crippen MR) is 73.3 cm³/mol. The molecule has 1 aromatic carbocycles. The lowest BCUT2D eigenvalue weighted by atomic mass is 10.2. The molecule has 1 heterocycles. The van der Waals surface area contributed by atoms with Crippen molar-refractivity contribution in [2.75, 3.05) is 13.1 Å². The minimum Gasteiger partial charge on any atom is -0.315 e. The molecule has 3 heteroatoms. The van der Waals surface area contributed by atoms with Gasteiger partial charge in [0.15, 0.2) is 0 Å². The zero-order valence-electron chi connectivity index (χ0n) is 10.5. The molecule has 94 valence electrons. The highest BCUT2D eigenvalue weighted by Crippen LogP contribution is 2.27. The summed E-state index contributed by atoms with van der Waals surface area (Å²) in [5, 5.41) is 8.07. The first kappa shape index (κ1) is 11.5. The van der Waals surface area contributed by atoms with Crippen molar-refractivity contribution in [1.82, 2.24) is 15.1 Å². The lowest BCUT2D eigenvalue weighted by molar-refractivity contribution is 0.543. The van der Waals surface area contributed by atoms with Gasteiger partial charge in [-0.15, -0.1) is 0 Å². The number of nitrogens with zero attached hydrogens (tertiary/aromatic N) is 2. The molecule has 0 spiro atoms. The van der Waals surface area contributed by atoms with E-state index in [2.05, 4.69) is 34.8 Å². The van der Waals surface area contributed by atoms with Crippen molar-refractivity contribution >= 4 is 0 Å². The van der Waals surface area contributed by atoms with Crippen LogP contribution in [0.25, 0.3) is 11.3 Å². The summed E-state index contributed by atoms with van der Waals surface area (Å²) in [5.74, 6) is 0.947. The van der Waals surface area contributed by atoms with Gasteiger partial charge in [0.25, 0.3) is 0 Å². The summed E-state index contributed by atoms with van der Waals surface area (Å²) >= 11 is 0. The topological polar surface area (TPSA) is 29.9 Å². The van der Waals surface area contributed by atoms with E-state index in [0.717, 1.165) is 24.7 Å². The van der Waals surface area contributed by atoms with Crippen molar-refractivity contribution in [3.63, 3.8) is 0 Å². The molecule has 0 bridgehead atoms. The van der Waals surface area contributed by atoms with Crippen LogP contribution in [-0.4, -0.2) is 22.9 Å². The quantitative estimate of drug-likeness (QED) is 0.788. The number of hydrogen-bond acceptors (Lipinski definition) is 2. The zero-order chi connectivity index (χ0) is 12.2. The Labute approximate surface area is 108 Å². The summed E-state index contributed by atoms with van der Waals surface area (Å²) < 4.78 is 2.02. The number of aromatic nitrogens is 2. The fraction of sp³-hybridized carbons (Fsp3) is 0.400. The highest BCUT2D eigenvalue weighted by molar-refractivity contribution is 5.57. The molecular weight excluding hydrogens is 222 g/mol. The maximum absolute atomic E-state index is 4.59. The smallest absolute Gasteiger partial charge is 0.0923 e. The fourth-order valence-corrected chi connectivity index (χ4v) is 2.07. The molecule has 3 nitrogen and oxygen atoms in total. The van der Waals surface area contributed by atoms with Gasteiger partial charge >= 0.3 is 0 Å². The van der Waals surface area contributed by atoms with Crippen LogP contribution in [0.2, 0.25) is 0 Å². The van der Waals surface area contributed by atoms with E-state index in [0.29, 0.717) is 0 Å². The van der Waals surface area contributed by atoms with Crippen molar-refractivity contribution in [1.29, 1.82) is 0 Å². The molecule has 1 aliphatic rings. The summed E-state index contributed by atoms with van der Waals surface area (Å²) in [7, 11) is 0. The second-order valence-electron chi connectivity index (χ2n) is 4.98. The Kier molecular flexibility index (Phi) is 3.42. The van der Waals surface area contributed by atoms with Gasteiger partial charge in [-0.2, -0.15) is 5.10 Å². The first-order valence-corrected chi connectivity index (χ1v) is 6.71. The molecule has 18 heavy (non-hydrogen) atoms. The SMILES string of the molecule is c1ccc(-c2ccn(CCNCC3CC3)n2)cc1. The summed E-state index contributed by atoms with van der Waals surface area (Å²) in [6, 6.07) is 12.4. The Hall–Kier alpha value is -1.61. The lowest BCUT2D eigenvalue weighted by Gasteiger charge is -2.03. The second-order valence-corrected chi connectivity index (χ2v) is 4.98. The highest BCUT2D eigenvalue weighted by atomic mass is 15.3. The van der Waals surface area contributed by atoms with E-state index in [1.165, 1.54) is 24.9 Å². The molecule has 1 N–H and O–H groups in total. The molecule has 0 aliphatic heterocycles. The van der Waals surface area contributed by atoms with Crippen molar-refractivity contribution < 1.29 is 0 Å². The molecule has 1 saturated carbocycles. The van der Waals surface area contributed by atoms with Crippen LogP contribution in [0.5, 0.6) is 0 Å². The van der Waals surface area contributed by atoms with Gasteiger partial charge in [0.2, 0.25) is 0 Å². The standard InChI is InChI=1S/C15H19N3/c1-2-4-14(5-3-1)15-8-10-18(17-15)11-9-16-12-13-6-7-13/h1-5,8,10,13,16H,6-7,9,11-12H2. The van der Waals surface area contributed by atoms with E-state index in [1.54, 1.807) is 0 Å². The number of nitrogens with one attached hydrogen (secondary N) is 1. The van der Waals surface area contributed by atoms with E-state index < -0.39 is 0 Å². The van der Waals surface area contributed by atoms with E-state index >= 15 is 0 Å². The minimum atomic E-state index is 0.944. The van der Waals surface area contributed by atoms with Crippen LogP contribution in [0.4, 0.5) is 0 Å². The van der Waals surface area contributed by atoms with Crippen LogP contribution in [0, 0.1) is 5.92 Å². The normalized spacial score (nSPS) is 14.9. The summed E-state index contributed by atoms with van der Waals surface area (Å²) in [4.78, 5) is 0. The van der Waals surface area contributed by atoms with Gasteiger partial charge < -0.3 is 5.32 Å². The minimum absolute atomic E-state index is 0.944. The Morgan fingerprint density at radius 1 is 1.17 bits per heavy atom. The Bertz CT molecular complexity index is 485. The third-order valence-electron chi connectivity index (χ3n) is 3.36. The number of hydrogen-bond donors (Lipinski definition) is 1. The molecule has 1 fully saturated rings. The molecule has 2 aromatic rings. The zero-order valence-corrected chi connectivity index (χ0v) is 10.5. The largest absolute Gasteiger partial charge is 0.315 e. The maximum Gasteiger partial charge on any atom is 0.0923 e. The third kappa shape index (κ3) is 2.99. The van der Waals surface area contributed by atoms with Crippen molar-refractivity contribution in [3.8, 4) is 11.3 Å². The average Bonchev–Trinajstić information content (AvgIpc) is 3.12. The van der Waals surface area contributed by atoms with Crippen LogP contribution in [0.1, 0.15) is 12.8 Å². The van der Waals surface area contributed by atoms with Crippen LogP contribution in [0.3, 0.4) is 0 Å². The second kappa shape index (κ2) is 5.36. The monoisotopic (exact) mass is 241 g/mol. The molecule has 0 unspecified atom stereocenters. The van der Waals surface area contributed by atoms with E-state index in [-0.39, 0.29) is 0 Å². The van der Waals surface area contributed by atoms with Crippen molar-refractivity contribution in [2.24, 2.45) is 5.92 Å². The third-order valence-corrected chi connectivity index (χ3v) is 3.36. The number of rotatable bonds is 6. The van der Waals surface area contributed by atoms with E-state index in [4.69, 9.17) is 0 Å². The average molecular weight is 241 g/mol. The van der Waals surface area contributed by atoms with Gasteiger partial charge in [-0.25, -0.2) is 0 Å². The highest BCUT2D eigenvalue weighted by Gasteiger charge is 2.19. The lowest BCUT2D eigenvalue weighted by Crippen LogP contribution is -2.22. The Morgan fingerprint density at radius 2 is 2.00 bits per heavy atom. The first-order valence-electron chi connectivity index (χ1n) is 6.71. The summed E-state index contributed by atoms with van der Waals surface area (Å²) in [5.41, 5.74) is 2.24. The van der Waals surface area contributed by atoms with Gasteiger partial charge in [-0.1, -0.05) is 30.3 Å². The fourth-order valence-electron chi connectivity index (χ4n) is 2.07. The Morgan fingerprint density at radius 3 is 2.78 bits per heavy atom. The van der Waals surface area contributed by atoms with E-state index in [9.17, 15) is 0 Å². The predicted octanol–water partition coefficient (Wildman–Crippen LogP) is 2.55. The molecular formula is C15H19N3. The van der Waals surface area contributed by atoms with Crippen molar-refractivity contribution in [3.05, 3.63) is 42.6 Å². The van der Waals surface area contributed by atoms with Crippen LogP contribution >= 0.6 is 0 Å². The first-order chi connectivity index (χ1) is 8.92. The molecule has 0 saturated heterocycles. The van der Waals surface area contributed by atoms with Gasteiger partial charge in [0, 0.05) is 18.3 Å². The van der Waals surface area contributed by atoms with Gasteiger partial charge in [-0.3, -0.25) is 4.68 Å². The van der Waals surface area contributed by atoms with Gasteiger partial charge in [0.1, 0.15) is 0 Å². The molecule has 1 aliphatic carbocycles. The molecule has 0 amide bonds. The molecule has 0 atom stereocenters. The van der Waals surface area contributed by atoms with Gasteiger partial charge in [-0.05, 0) is 31.4 Å². The van der Waals surface area contributed by atoms with Gasteiger partial charge in [0.05, 0.1) is 12.2 Å². The molecule has 3 rings (SSSR count). The van der Waals surface area contributed by atoms with Crippen LogP contribution in [0.15, 0.2) is 42.6 Å². The van der Waals surface area contributed by atoms with Crippen LogP contribution < -0.4 is 5.32 Å². The van der Waals surface area contributed by atoms with Crippen molar-refractivity contribution in [2.45, 2.75) is 19.4 Å². The Balaban J connectivity index is 1.52. The molecule has 0 radical (unpaired) electrons. The maximum atomic E-state index is 4.59.